The Morgan fingerprint density at radius 3 is 2.13 bits per heavy atom. The number of benzene rings is 2. The average molecular weight is 315 g/mol. The molecule has 2 aromatic carbocycles. The van der Waals surface area contributed by atoms with Crippen molar-refractivity contribution >= 4 is 17.8 Å². The van der Waals surface area contributed by atoms with Crippen LogP contribution in [-0.2, 0) is 9.63 Å². The first-order chi connectivity index (χ1) is 11.1. The van der Waals surface area contributed by atoms with Crippen LogP contribution in [0.15, 0.2) is 48.5 Å². The summed E-state index contributed by atoms with van der Waals surface area (Å²) in [6, 6.07) is 11.6. The van der Waals surface area contributed by atoms with E-state index in [1.54, 1.807) is 12.1 Å². The number of ether oxygens (including phenoxy) is 1. The van der Waals surface area contributed by atoms with Crippen LogP contribution in [-0.4, -0.2) is 29.5 Å². The van der Waals surface area contributed by atoms with Gasteiger partial charge < -0.3 is 9.57 Å². The van der Waals surface area contributed by atoms with E-state index in [-0.39, 0.29) is 16.9 Å². The molecular weight excluding hydrogens is 305 g/mol. The molecule has 1 aliphatic rings. The van der Waals surface area contributed by atoms with Gasteiger partial charge >= 0.3 is 5.97 Å². The summed E-state index contributed by atoms with van der Waals surface area (Å²) in [6.07, 6.45) is 0. The molecule has 0 atom stereocenters. The number of hydrogen-bond acceptors (Lipinski definition) is 5. The number of carbonyl (C=O) groups excluding carboxylic acids is 3. The molecule has 0 saturated carbocycles. The van der Waals surface area contributed by atoms with Gasteiger partial charge in [-0.25, -0.2) is 9.18 Å². The zero-order valence-electron chi connectivity index (χ0n) is 11.7. The van der Waals surface area contributed by atoms with Gasteiger partial charge in [0.15, 0.2) is 18.2 Å². The van der Waals surface area contributed by atoms with Crippen molar-refractivity contribution < 1.29 is 28.3 Å². The number of halogens is 1. The maximum atomic E-state index is 13.4. The van der Waals surface area contributed by atoms with Crippen LogP contribution in [0.5, 0.6) is 5.75 Å². The molecule has 0 saturated heterocycles. The zero-order valence-corrected chi connectivity index (χ0v) is 11.7. The van der Waals surface area contributed by atoms with Crippen molar-refractivity contribution in [3.63, 3.8) is 0 Å². The first-order valence-electron chi connectivity index (χ1n) is 6.64. The maximum absolute atomic E-state index is 13.4. The molecule has 0 N–H and O–H groups in total. The summed E-state index contributed by atoms with van der Waals surface area (Å²) in [5.74, 6) is -3.23. The Hall–Kier alpha value is -3.22. The van der Waals surface area contributed by atoms with Crippen LogP contribution in [0.1, 0.15) is 20.7 Å². The van der Waals surface area contributed by atoms with Gasteiger partial charge in [0.05, 0.1) is 11.1 Å². The van der Waals surface area contributed by atoms with Gasteiger partial charge in [0.1, 0.15) is 0 Å². The van der Waals surface area contributed by atoms with Crippen LogP contribution >= 0.6 is 0 Å². The van der Waals surface area contributed by atoms with Crippen LogP contribution in [0.3, 0.4) is 0 Å². The molecular formula is C16H10FNO5. The lowest BCUT2D eigenvalue weighted by molar-refractivity contribution is -0.170. The Balaban J connectivity index is 1.64. The van der Waals surface area contributed by atoms with Crippen molar-refractivity contribution in [3.8, 4) is 5.75 Å². The molecule has 3 rings (SSSR count). The Bertz CT molecular complexity index is 770. The van der Waals surface area contributed by atoms with Gasteiger partial charge in [0, 0.05) is 0 Å². The van der Waals surface area contributed by atoms with E-state index in [1.165, 1.54) is 36.4 Å². The van der Waals surface area contributed by atoms with Gasteiger partial charge in [-0.2, -0.15) is 0 Å². The second-order valence-electron chi connectivity index (χ2n) is 4.63. The smallest absolute Gasteiger partial charge is 0.370 e. The molecule has 1 aliphatic heterocycles. The van der Waals surface area contributed by atoms with Crippen molar-refractivity contribution in [2.75, 3.05) is 6.61 Å². The van der Waals surface area contributed by atoms with E-state index < -0.39 is 30.2 Å². The summed E-state index contributed by atoms with van der Waals surface area (Å²) in [6.45, 7) is -0.645. The molecule has 2 amide bonds. The predicted molar refractivity (Wildman–Crippen MR) is 74.9 cm³/mol. The molecule has 23 heavy (non-hydrogen) atoms. The van der Waals surface area contributed by atoms with Crippen molar-refractivity contribution in [1.29, 1.82) is 0 Å². The number of fused-ring (bicyclic) bond motifs is 1. The summed E-state index contributed by atoms with van der Waals surface area (Å²) in [5, 5.41) is 0.373. The second kappa shape index (κ2) is 5.88. The average Bonchev–Trinajstić information content (AvgIpc) is 2.80. The Kier molecular flexibility index (Phi) is 3.76. The maximum Gasteiger partial charge on any atom is 0.370 e. The van der Waals surface area contributed by atoms with E-state index in [9.17, 15) is 18.8 Å². The van der Waals surface area contributed by atoms with Gasteiger partial charge in [0.2, 0.25) is 0 Å². The standard InChI is InChI=1S/C16H10FNO5/c17-12-7-3-4-8-13(12)22-9-14(19)23-18-15(20)10-5-1-2-6-11(10)16(18)21/h1-8H,9H2. The van der Waals surface area contributed by atoms with E-state index in [2.05, 4.69) is 0 Å². The Morgan fingerprint density at radius 1 is 0.957 bits per heavy atom. The summed E-state index contributed by atoms with van der Waals surface area (Å²) in [4.78, 5) is 40.4. The number of amides is 2. The molecule has 0 aromatic heterocycles. The number of rotatable bonds is 4. The van der Waals surface area contributed by atoms with Crippen LogP contribution in [0.4, 0.5) is 4.39 Å². The Labute approximate surface area is 130 Å². The van der Waals surface area contributed by atoms with Crippen molar-refractivity contribution in [2.24, 2.45) is 0 Å². The van der Waals surface area contributed by atoms with Crippen LogP contribution < -0.4 is 4.74 Å². The quantitative estimate of drug-likeness (QED) is 0.806. The predicted octanol–water partition coefficient (Wildman–Crippen LogP) is 1.96. The highest BCUT2D eigenvalue weighted by Crippen LogP contribution is 2.22. The van der Waals surface area contributed by atoms with Gasteiger partial charge in [-0.3, -0.25) is 9.59 Å². The lowest BCUT2D eigenvalue weighted by atomic mass is 10.1. The molecule has 6 nitrogen and oxygen atoms in total. The van der Waals surface area contributed by atoms with E-state index in [1.807, 2.05) is 0 Å². The van der Waals surface area contributed by atoms with Crippen molar-refractivity contribution in [1.82, 2.24) is 5.06 Å². The number of imide groups is 1. The third-order valence-electron chi connectivity index (χ3n) is 3.13. The van der Waals surface area contributed by atoms with Crippen molar-refractivity contribution in [2.45, 2.75) is 0 Å². The molecule has 1 heterocycles. The fourth-order valence-electron chi connectivity index (χ4n) is 2.08. The number of hydroxylamine groups is 2. The third-order valence-corrected chi connectivity index (χ3v) is 3.13. The van der Waals surface area contributed by atoms with E-state index in [0.29, 0.717) is 5.06 Å². The summed E-state index contributed by atoms with van der Waals surface area (Å²) >= 11 is 0. The Morgan fingerprint density at radius 2 is 1.52 bits per heavy atom. The summed E-state index contributed by atoms with van der Waals surface area (Å²) < 4.78 is 18.3. The van der Waals surface area contributed by atoms with Crippen LogP contribution in [0.25, 0.3) is 0 Å². The van der Waals surface area contributed by atoms with Crippen LogP contribution in [0, 0.1) is 5.82 Å². The minimum atomic E-state index is -0.997. The van der Waals surface area contributed by atoms with E-state index in [0.717, 1.165) is 0 Å². The van der Waals surface area contributed by atoms with Gasteiger partial charge in [0.25, 0.3) is 11.8 Å². The third kappa shape index (κ3) is 2.76. The summed E-state index contributed by atoms with van der Waals surface area (Å²) in [7, 11) is 0. The fraction of sp³-hybridized carbons (Fsp3) is 0.0625. The first-order valence-corrected chi connectivity index (χ1v) is 6.64. The molecule has 116 valence electrons. The summed E-state index contributed by atoms with van der Waals surface area (Å²) in [5.41, 5.74) is 0.306. The largest absolute Gasteiger partial charge is 0.479 e. The lowest BCUT2D eigenvalue weighted by Gasteiger charge is -2.13. The number of carbonyl (C=O) groups is 3. The topological polar surface area (TPSA) is 72.9 Å². The second-order valence-corrected chi connectivity index (χ2v) is 4.63. The highest BCUT2D eigenvalue weighted by atomic mass is 19.1. The normalized spacial score (nSPS) is 13.0. The first kappa shape index (κ1) is 14.7. The zero-order chi connectivity index (χ0) is 16.4. The van der Waals surface area contributed by atoms with E-state index >= 15 is 0 Å². The minimum absolute atomic E-state index is 0.133. The highest BCUT2D eigenvalue weighted by molar-refractivity contribution is 6.20. The highest BCUT2D eigenvalue weighted by Gasteiger charge is 2.38. The van der Waals surface area contributed by atoms with Gasteiger partial charge in [-0.05, 0) is 24.3 Å². The molecule has 0 spiro atoms. The number of hydrogen-bond donors (Lipinski definition) is 0. The van der Waals surface area contributed by atoms with Gasteiger partial charge in [-0.1, -0.05) is 29.3 Å². The molecule has 0 radical (unpaired) electrons. The molecule has 7 heteroatoms. The molecule has 0 aliphatic carbocycles. The van der Waals surface area contributed by atoms with Crippen molar-refractivity contribution in [3.05, 3.63) is 65.5 Å². The number of nitrogens with zero attached hydrogens (tertiary/aromatic N) is 1. The monoisotopic (exact) mass is 315 g/mol. The minimum Gasteiger partial charge on any atom is -0.479 e. The molecule has 0 unspecified atom stereocenters. The van der Waals surface area contributed by atoms with E-state index in [4.69, 9.17) is 9.57 Å². The molecule has 0 bridgehead atoms. The molecule has 0 fully saturated rings. The fourth-order valence-corrected chi connectivity index (χ4v) is 2.08. The lowest BCUT2D eigenvalue weighted by Crippen LogP contribution is -2.34. The molecule has 2 aromatic rings. The van der Waals surface area contributed by atoms with Gasteiger partial charge in [-0.15, -0.1) is 0 Å². The van der Waals surface area contributed by atoms with Crippen LogP contribution in [0.2, 0.25) is 0 Å². The SMILES string of the molecule is O=C(COc1ccccc1F)ON1C(=O)c2ccccc2C1=O. The number of para-hydroxylation sites is 1.